The quantitative estimate of drug-likeness (QED) is 0.821. The summed E-state index contributed by atoms with van der Waals surface area (Å²) in [6, 6.07) is 2.01. The van der Waals surface area contributed by atoms with Gasteiger partial charge in [0.15, 0.2) is 0 Å². The third kappa shape index (κ3) is 4.13. The van der Waals surface area contributed by atoms with Crippen molar-refractivity contribution >= 4 is 17.2 Å². The third-order valence-corrected chi connectivity index (χ3v) is 3.69. The van der Waals surface area contributed by atoms with Gasteiger partial charge in [-0.1, -0.05) is 20.8 Å². The number of carbonyl (C=O) groups is 1. The Balaban J connectivity index is 2.50. The van der Waals surface area contributed by atoms with E-state index in [2.05, 4.69) is 19.2 Å². The summed E-state index contributed by atoms with van der Waals surface area (Å²) in [7, 11) is 0. The third-order valence-electron chi connectivity index (χ3n) is 2.76. The van der Waals surface area contributed by atoms with Crippen LogP contribution in [-0.2, 0) is 0 Å². The van der Waals surface area contributed by atoms with E-state index in [-0.39, 0.29) is 12.0 Å². The molecule has 0 aliphatic rings. The number of carbonyl (C=O) groups excluding carboxylic acids is 1. The smallest absolute Gasteiger partial charge is 0.261 e. The zero-order chi connectivity index (χ0) is 12.8. The van der Waals surface area contributed by atoms with Crippen molar-refractivity contribution in [2.24, 2.45) is 0 Å². The van der Waals surface area contributed by atoms with Gasteiger partial charge in [-0.3, -0.25) is 4.79 Å². The predicted octanol–water partition coefficient (Wildman–Crippen LogP) is 2.76. The number of rotatable bonds is 6. The maximum absolute atomic E-state index is 11.9. The van der Waals surface area contributed by atoms with Gasteiger partial charge in [0.05, 0.1) is 11.0 Å². The van der Waals surface area contributed by atoms with Crippen LogP contribution in [-0.4, -0.2) is 23.7 Å². The van der Waals surface area contributed by atoms with Crippen LogP contribution >= 0.6 is 11.3 Å². The van der Waals surface area contributed by atoms with E-state index in [1.54, 1.807) is 0 Å². The summed E-state index contributed by atoms with van der Waals surface area (Å²) in [6.07, 6.45) is 1.03. The molecule has 3 nitrogen and oxygen atoms in total. The molecule has 17 heavy (non-hydrogen) atoms. The number of hydrogen-bond donors (Lipinski definition) is 2. The fourth-order valence-corrected chi connectivity index (χ4v) is 2.56. The molecule has 0 spiro atoms. The van der Waals surface area contributed by atoms with E-state index in [0.717, 1.165) is 16.9 Å². The van der Waals surface area contributed by atoms with Crippen LogP contribution in [0.15, 0.2) is 11.4 Å². The summed E-state index contributed by atoms with van der Waals surface area (Å²) in [5.41, 5.74) is 1.10. The van der Waals surface area contributed by atoms with Crippen molar-refractivity contribution in [3.63, 3.8) is 0 Å². The number of amides is 1. The first-order valence-corrected chi connectivity index (χ1v) is 6.97. The highest BCUT2D eigenvalue weighted by Crippen LogP contribution is 2.24. The fourth-order valence-electron chi connectivity index (χ4n) is 1.60. The van der Waals surface area contributed by atoms with Gasteiger partial charge in [0, 0.05) is 6.54 Å². The molecule has 1 aromatic heterocycles. The summed E-state index contributed by atoms with van der Waals surface area (Å²) < 4.78 is 0. The predicted molar refractivity (Wildman–Crippen MR) is 71.7 cm³/mol. The standard InChI is InChI=1S/C13H21NO2S/c1-4-10(15)5-7-14-13(16)12-11(9(2)3)6-8-17-12/h6,8-10,15H,4-5,7H2,1-3H3,(H,14,16). The molecule has 1 unspecified atom stereocenters. The van der Waals surface area contributed by atoms with Gasteiger partial charge in [-0.2, -0.15) is 0 Å². The van der Waals surface area contributed by atoms with E-state index in [1.807, 2.05) is 18.4 Å². The average molecular weight is 255 g/mol. The first kappa shape index (κ1) is 14.2. The van der Waals surface area contributed by atoms with Crippen LogP contribution in [0.5, 0.6) is 0 Å². The minimum Gasteiger partial charge on any atom is -0.393 e. The molecule has 1 heterocycles. The summed E-state index contributed by atoms with van der Waals surface area (Å²) >= 11 is 1.48. The lowest BCUT2D eigenvalue weighted by molar-refractivity contribution is 0.0945. The Morgan fingerprint density at radius 3 is 2.82 bits per heavy atom. The van der Waals surface area contributed by atoms with E-state index in [4.69, 9.17) is 0 Å². The van der Waals surface area contributed by atoms with Gasteiger partial charge in [0.2, 0.25) is 0 Å². The van der Waals surface area contributed by atoms with E-state index >= 15 is 0 Å². The molecule has 0 aliphatic carbocycles. The Bertz CT molecular complexity index is 360. The van der Waals surface area contributed by atoms with E-state index in [9.17, 15) is 9.90 Å². The second kappa shape index (κ2) is 6.77. The molecule has 0 bridgehead atoms. The van der Waals surface area contributed by atoms with E-state index < -0.39 is 0 Å². The van der Waals surface area contributed by atoms with Crippen LogP contribution in [0.4, 0.5) is 0 Å². The molecule has 1 amide bonds. The molecule has 96 valence electrons. The summed E-state index contributed by atoms with van der Waals surface area (Å²) in [4.78, 5) is 12.7. The summed E-state index contributed by atoms with van der Waals surface area (Å²) in [6.45, 7) is 6.63. The lowest BCUT2D eigenvalue weighted by Crippen LogP contribution is -2.27. The zero-order valence-corrected chi connectivity index (χ0v) is 11.5. The molecule has 0 aliphatic heterocycles. The number of aliphatic hydroxyl groups is 1. The van der Waals surface area contributed by atoms with Crippen LogP contribution in [0.2, 0.25) is 0 Å². The lowest BCUT2D eigenvalue weighted by Gasteiger charge is -2.10. The summed E-state index contributed by atoms with van der Waals surface area (Å²) in [5.74, 6) is 0.343. The number of thiophene rings is 1. The molecule has 0 saturated heterocycles. The molecule has 0 fully saturated rings. The molecular weight excluding hydrogens is 234 g/mol. The van der Waals surface area contributed by atoms with Crippen LogP contribution in [0.25, 0.3) is 0 Å². The highest BCUT2D eigenvalue weighted by Gasteiger charge is 2.15. The van der Waals surface area contributed by atoms with Gasteiger partial charge in [-0.05, 0) is 35.8 Å². The minimum atomic E-state index is -0.316. The van der Waals surface area contributed by atoms with Gasteiger partial charge < -0.3 is 10.4 Å². The van der Waals surface area contributed by atoms with Crippen LogP contribution in [0.3, 0.4) is 0 Å². The van der Waals surface area contributed by atoms with Crippen LogP contribution in [0.1, 0.15) is 54.8 Å². The van der Waals surface area contributed by atoms with Gasteiger partial charge in [-0.15, -0.1) is 11.3 Å². The second-order valence-corrected chi connectivity index (χ2v) is 5.38. The van der Waals surface area contributed by atoms with Crippen molar-refractivity contribution < 1.29 is 9.90 Å². The first-order valence-electron chi connectivity index (χ1n) is 6.09. The van der Waals surface area contributed by atoms with Crippen molar-refractivity contribution in [3.05, 3.63) is 21.9 Å². The highest BCUT2D eigenvalue weighted by atomic mass is 32.1. The van der Waals surface area contributed by atoms with Gasteiger partial charge in [0.1, 0.15) is 0 Å². The Morgan fingerprint density at radius 2 is 2.24 bits per heavy atom. The van der Waals surface area contributed by atoms with Crippen molar-refractivity contribution in [1.29, 1.82) is 0 Å². The van der Waals surface area contributed by atoms with Crippen molar-refractivity contribution in [1.82, 2.24) is 5.32 Å². The van der Waals surface area contributed by atoms with Crippen LogP contribution < -0.4 is 5.32 Å². The van der Waals surface area contributed by atoms with Crippen molar-refractivity contribution in [2.45, 2.75) is 45.6 Å². The van der Waals surface area contributed by atoms with Crippen molar-refractivity contribution in [2.75, 3.05) is 6.54 Å². The van der Waals surface area contributed by atoms with Crippen LogP contribution in [0, 0.1) is 0 Å². The van der Waals surface area contributed by atoms with Crippen molar-refractivity contribution in [3.8, 4) is 0 Å². The minimum absolute atomic E-state index is 0.0213. The molecule has 0 saturated carbocycles. The Labute approximate surface area is 107 Å². The number of hydrogen-bond acceptors (Lipinski definition) is 3. The lowest BCUT2D eigenvalue weighted by atomic mass is 10.0. The van der Waals surface area contributed by atoms with Gasteiger partial charge in [-0.25, -0.2) is 0 Å². The molecule has 0 radical (unpaired) electrons. The second-order valence-electron chi connectivity index (χ2n) is 4.47. The highest BCUT2D eigenvalue weighted by molar-refractivity contribution is 7.12. The molecule has 1 aromatic rings. The van der Waals surface area contributed by atoms with E-state index in [0.29, 0.717) is 18.9 Å². The zero-order valence-electron chi connectivity index (χ0n) is 10.7. The van der Waals surface area contributed by atoms with Gasteiger partial charge >= 0.3 is 0 Å². The molecule has 1 rings (SSSR count). The average Bonchev–Trinajstić information content (AvgIpc) is 2.77. The molecule has 2 N–H and O–H groups in total. The topological polar surface area (TPSA) is 49.3 Å². The Morgan fingerprint density at radius 1 is 1.53 bits per heavy atom. The van der Waals surface area contributed by atoms with Gasteiger partial charge in [0.25, 0.3) is 5.91 Å². The fraction of sp³-hybridized carbons (Fsp3) is 0.615. The normalized spacial score (nSPS) is 12.8. The molecular formula is C13H21NO2S. The molecule has 1 atom stereocenters. The molecule has 0 aromatic carbocycles. The SMILES string of the molecule is CCC(O)CCNC(=O)c1sccc1C(C)C. The number of nitrogens with one attached hydrogen (secondary N) is 1. The maximum Gasteiger partial charge on any atom is 0.261 e. The van der Waals surface area contributed by atoms with E-state index in [1.165, 1.54) is 11.3 Å². The first-order chi connectivity index (χ1) is 8.06. The maximum atomic E-state index is 11.9. The molecule has 4 heteroatoms. The summed E-state index contributed by atoms with van der Waals surface area (Å²) in [5, 5.41) is 14.2. The largest absolute Gasteiger partial charge is 0.393 e. The Kier molecular flexibility index (Phi) is 5.65. The Hall–Kier alpha value is -0.870. The monoisotopic (exact) mass is 255 g/mol. The number of aliphatic hydroxyl groups excluding tert-OH is 1.